The Bertz CT molecular complexity index is 1110. The molecule has 1 saturated carbocycles. The van der Waals surface area contributed by atoms with Gasteiger partial charge in [-0.25, -0.2) is 15.0 Å². The van der Waals surface area contributed by atoms with Gasteiger partial charge in [-0.1, -0.05) is 23.2 Å². The molecule has 1 aromatic carbocycles. The normalized spacial score (nSPS) is 13.1. The number of nitrogens with one attached hydrogen (secondary N) is 3. The van der Waals surface area contributed by atoms with Crippen LogP contribution in [0.3, 0.4) is 0 Å². The summed E-state index contributed by atoms with van der Waals surface area (Å²) in [6.07, 6.45) is 4.17. The lowest BCUT2D eigenvalue weighted by Gasteiger charge is -2.12. The maximum atomic E-state index is 12.9. The molecule has 1 fully saturated rings. The third kappa shape index (κ3) is 5.94. The Morgan fingerprint density at radius 3 is 2.50 bits per heavy atom. The second-order valence-electron chi connectivity index (χ2n) is 7.96. The second-order valence-corrected chi connectivity index (χ2v) is 8.77. The number of aromatic nitrogens is 3. The maximum absolute atomic E-state index is 12.9. The summed E-state index contributed by atoms with van der Waals surface area (Å²) < 4.78 is 0. The van der Waals surface area contributed by atoms with Gasteiger partial charge in [0.15, 0.2) is 0 Å². The highest BCUT2D eigenvalue weighted by Gasteiger charge is 2.21. The van der Waals surface area contributed by atoms with Crippen molar-refractivity contribution >= 4 is 46.4 Å². The molecule has 0 unspecified atom stereocenters. The molecule has 9 heteroatoms. The number of carbonyl (C=O) groups excluding carboxylic acids is 1. The lowest BCUT2D eigenvalue weighted by molar-refractivity contribution is 0.102. The fourth-order valence-electron chi connectivity index (χ4n) is 3.37. The van der Waals surface area contributed by atoms with E-state index in [1.165, 1.54) is 12.8 Å². The fraction of sp³-hybridized carbons (Fsp3) is 0.304. The molecule has 0 radical (unpaired) electrons. The highest BCUT2D eigenvalue weighted by molar-refractivity contribution is 6.40. The standard InChI is InChI=1S/C23H24Cl2N6O/c1-13-7-21(29-14(2)28-13)31-20-10-17(5-6-27-20)30-23(32)22-18(24)8-16(9-19(22)25)12-26-11-15-3-4-15/h5-10,15,26H,3-4,11-12H2,1-2H3,(H2,27,28,29,30,31,32). The number of anilines is 3. The topological polar surface area (TPSA) is 91.8 Å². The van der Waals surface area contributed by atoms with Gasteiger partial charge in [0.2, 0.25) is 0 Å². The van der Waals surface area contributed by atoms with E-state index in [1.807, 2.05) is 19.9 Å². The van der Waals surface area contributed by atoms with Crippen LogP contribution in [0.1, 0.15) is 40.3 Å². The van der Waals surface area contributed by atoms with Crippen LogP contribution in [0.15, 0.2) is 36.5 Å². The first-order valence-electron chi connectivity index (χ1n) is 10.4. The zero-order valence-corrected chi connectivity index (χ0v) is 19.4. The van der Waals surface area contributed by atoms with Gasteiger partial charge in [-0.15, -0.1) is 0 Å². The Morgan fingerprint density at radius 1 is 1.06 bits per heavy atom. The summed E-state index contributed by atoms with van der Waals surface area (Å²) in [5, 5.41) is 10.0. The van der Waals surface area contributed by atoms with Gasteiger partial charge < -0.3 is 16.0 Å². The summed E-state index contributed by atoms with van der Waals surface area (Å²) in [4.78, 5) is 25.8. The average Bonchev–Trinajstić information content (AvgIpc) is 3.51. The van der Waals surface area contributed by atoms with Crippen LogP contribution in [-0.4, -0.2) is 27.4 Å². The van der Waals surface area contributed by atoms with Gasteiger partial charge in [-0.3, -0.25) is 4.79 Å². The van der Waals surface area contributed by atoms with E-state index < -0.39 is 0 Å². The molecule has 0 spiro atoms. The predicted molar refractivity (Wildman–Crippen MR) is 128 cm³/mol. The Balaban J connectivity index is 1.44. The van der Waals surface area contributed by atoms with Gasteiger partial charge in [0.25, 0.3) is 5.91 Å². The van der Waals surface area contributed by atoms with Crippen molar-refractivity contribution in [3.63, 3.8) is 0 Å². The first kappa shape index (κ1) is 22.5. The molecule has 1 aliphatic carbocycles. The molecule has 0 atom stereocenters. The Morgan fingerprint density at radius 2 is 1.81 bits per heavy atom. The van der Waals surface area contributed by atoms with Crippen LogP contribution in [0.5, 0.6) is 0 Å². The van der Waals surface area contributed by atoms with Gasteiger partial charge in [0.1, 0.15) is 17.5 Å². The quantitative estimate of drug-likeness (QED) is 0.414. The van der Waals surface area contributed by atoms with E-state index in [2.05, 4.69) is 30.9 Å². The number of hydrogen-bond acceptors (Lipinski definition) is 6. The molecule has 2 aromatic heterocycles. The van der Waals surface area contributed by atoms with E-state index in [4.69, 9.17) is 23.2 Å². The number of nitrogens with zero attached hydrogens (tertiary/aromatic N) is 3. The lowest BCUT2D eigenvalue weighted by Crippen LogP contribution is -2.17. The van der Waals surface area contributed by atoms with Crippen LogP contribution < -0.4 is 16.0 Å². The van der Waals surface area contributed by atoms with Crippen LogP contribution in [0.25, 0.3) is 0 Å². The Labute approximate surface area is 197 Å². The Hall–Kier alpha value is -2.74. The number of halogens is 2. The van der Waals surface area contributed by atoms with Gasteiger partial charge in [-0.2, -0.15) is 0 Å². The zero-order chi connectivity index (χ0) is 22.7. The van der Waals surface area contributed by atoms with Gasteiger partial charge in [-0.05, 0) is 62.9 Å². The minimum absolute atomic E-state index is 0.243. The number of pyridine rings is 1. The summed E-state index contributed by atoms with van der Waals surface area (Å²) >= 11 is 12.8. The average molecular weight is 471 g/mol. The van der Waals surface area contributed by atoms with Crippen LogP contribution in [-0.2, 0) is 6.54 Å². The highest BCUT2D eigenvalue weighted by atomic mass is 35.5. The number of rotatable bonds is 8. The number of amides is 1. The maximum Gasteiger partial charge on any atom is 0.258 e. The van der Waals surface area contributed by atoms with Gasteiger partial charge in [0, 0.05) is 36.3 Å². The Kier molecular flexibility index (Phi) is 6.89. The third-order valence-corrected chi connectivity index (χ3v) is 5.62. The summed E-state index contributed by atoms with van der Waals surface area (Å²) in [5.41, 5.74) is 2.59. The van der Waals surface area contributed by atoms with Crippen molar-refractivity contribution in [1.82, 2.24) is 20.3 Å². The van der Waals surface area contributed by atoms with Crippen molar-refractivity contribution in [2.24, 2.45) is 5.92 Å². The highest BCUT2D eigenvalue weighted by Crippen LogP contribution is 2.29. The van der Waals surface area contributed by atoms with Crippen LogP contribution in [0.4, 0.5) is 17.3 Å². The largest absolute Gasteiger partial charge is 0.325 e. The van der Waals surface area contributed by atoms with E-state index in [-0.39, 0.29) is 11.5 Å². The summed E-state index contributed by atoms with van der Waals surface area (Å²) in [6, 6.07) is 8.78. The smallest absolute Gasteiger partial charge is 0.258 e. The van der Waals surface area contributed by atoms with E-state index in [0.717, 1.165) is 23.7 Å². The monoisotopic (exact) mass is 470 g/mol. The third-order valence-electron chi connectivity index (χ3n) is 5.03. The number of benzene rings is 1. The van der Waals surface area contributed by atoms with Gasteiger partial charge >= 0.3 is 0 Å². The first-order valence-corrected chi connectivity index (χ1v) is 11.2. The SMILES string of the molecule is Cc1cc(Nc2cc(NC(=O)c3c(Cl)cc(CNCC4CC4)cc3Cl)ccn2)nc(C)n1. The molecular weight excluding hydrogens is 447 g/mol. The summed E-state index contributed by atoms with van der Waals surface area (Å²) in [5.74, 6) is 2.22. The molecule has 7 nitrogen and oxygen atoms in total. The zero-order valence-electron chi connectivity index (χ0n) is 17.9. The van der Waals surface area contributed by atoms with Crippen molar-refractivity contribution < 1.29 is 4.79 Å². The molecule has 0 aliphatic heterocycles. The molecule has 1 aliphatic rings. The van der Waals surface area contributed by atoms with Crippen LogP contribution in [0.2, 0.25) is 10.0 Å². The lowest BCUT2D eigenvalue weighted by atomic mass is 10.1. The van der Waals surface area contributed by atoms with E-state index in [1.54, 1.807) is 30.5 Å². The molecule has 0 saturated heterocycles. The number of aryl methyl sites for hydroxylation is 2. The molecule has 2 heterocycles. The van der Waals surface area contributed by atoms with E-state index in [9.17, 15) is 4.79 Å². The number of carbonyl (C=O) groups is 1. The first-order chi connectivity index (χ1) is 15.4. The molecule has 1 amide bonds. The fourth-order valence-corrected chi connectivity index (χ4v) is 4.07. The van der Waals surface area contributed by atoms with Crippen molar-refractivity contribution in [3.05, 3.63) is 69.2 Å². The molecule has 3 aromatic rings. The molecular formula is C23H24Cl2N6O. The predicted octanol–water partition coefficient (Wildman–Crippen LogP) is 5.29. The van der Waals surface area contributed by atoms with Crippen molar-refractivity contribution in [2.75, 3.05) is 17.2 Å². The molecule has 3 N–H and O–H groups in total. The van der Waals surface area contributed by atoms with Crippen LogP contribution >= 0.6 is 23.2 Å². The minimum Gasteiger partial charge on any atom is -0.325 e. The minimum atomic E-state index is -0.386. The van der Waals surface area contributed by atoms with Gasteiger partial charge in [0.05, 0.1) is 15.6 Å². The molecule has 32 heavy (non-hydrogen) atoms. The second kappa shape index (κ2) is 9.81. The summed E-state index contributed by atoms with van der Waals surface area (Å²) in [7, 11) is 0. The molecule has 0 bridgehead atoms. The number of hydrogen-bond donors (Lipinski definition) is 3. The molecule has 4 rings (SSSR count). The van der Waals surface area contributed by atoms with Crippen molar-refractivity contribution in [1.29, 1.82) is 0 Å². The van der Waals surface area contributed by atoms with Crippen molar-refractivity contribution in [3.8, 4) is 0 Å². The van der Waals surface area contributed by atoms with E-state index >= 15 is 0 Å². The van der Waals surface area contributed by atoms with Crippen LogP contribution in [0, 0.1) is 19.8 Å². The summed E-state index contributed by atoms with van der Waals surface area (Å²) in [6.45, 7) is 5.37. The molecule has 166 valence electrons. The van der Waals surface area contributed by atoms with E-state index in [0.29, 0.717) is 39.7 Å². The van der Waals surface area contributed by atoms with Crippen molar-refractivity contribution in [2.45, 2.75) is 33.2 Å².